The quantitative estimate of drug-likeness (QED) is 0.707. The van der Waals surface area contributed by atoms with E-state index in [1.807, 2.05) is 9.80 Å². The topological polar surface area (TPSA) is 54.7 Å². The first-order chi connectivity index (χ1) is 9.09. The van der Waals surface area contributed by atoms with E-state index in [0.29, 0.717) is 25.9 Å². The zero-order valence-electron chi connectivity index (χ0n) is 12.0. The van der Waals surface area contributed by atoms with Crippen LogP contribution in [-0.2, 0) is 9.59 Å². The summed E-state index contributed by atoms with van der Waals surface area (Å²) in [6, 6.07) is 0.382. The molecule has 2 aliphatic heterocycles. The lowest BCUT2D eigenvalue weighted by molar-refractivity contribution is -0.129. The maximum atomic E-state index is 11.6. The van der Waals surface area contributed by atoms with Gasteiger partial charge in [0, 0.05) is 51.1 Å². The predicted molar refractivity (Wildman–Crippen MR) is 72.7 cm³/mol. The molecule has 0 aliphatic carbocycles. The Morgan fingerprint density at radius 3 is 1.68 bits per heavy atom. The van der Waals surface area contributed by atoms with Crippen LogP contribution >= 0.6 is 0 Å². The van der Waals surface area contributed by atoms with Crippen molar-refractivity contribution in [1.29, 1.82) is 0 Å². The van der Waals surface area contributed by atoms with E-state index in [0.717, 1.165) is 25.9 Å². The van der Waals surface area contributed by atoms with Crippen LogP contribution in [0.1, 0.15) is 39.5 Å². The van der Waals surface area contributed by atoms with Crippen LogP contribution < -0.4 is 5.32 Å². The van der Waals surface area contributed by atoms with Gasteiger partial charge in [-0.2, -0.15) is 0 Å². The fourth-order valence-electron chi connectivity index (χ4n) is 2.92. The first kappa shape index (κ1) is 14.3. The van der Waals surface area contributed by atoms with Gasteiger partial charge >= 0.3 is 0 Å². The molecule has 2 saturated heterocycles. The lowest BCUT2D eigenvalue weighted by Crippen LogP contribution is -2.43. The van der Waals surface area contributed by atoms with E-state index < -0.39 is 0 Å². The average Bonchev–Trinajstić information content (AvgIpc) is 2.97. The van der Waals surface area contributed by atoms with Crippen molar-refractivity contribution in [1.82, 2.24) is 15.1 Å². The van der Waals surface area contributed by atoms with Gasteiger partial charge in [-0.15, -0.1) is 0 Å². The molecule has 5 nitrogen and oxygen atoms in total. The smallest absolute Gasteiger partial charge is 0.222 e. The van der Waals surface area contributed by atoms with Crippen LogP contribution in [0.3, 0.4) is 0 Å². The molecule has 0 bridgehead atoms. The number of hydrogen-bond donors (Lipinski definition) is 0. The molecule has 2 rings (SSSR count). The lowest BCUT2D eigenvalue weighted by atomic mass is 10.2. The van der Waals surface area contributed by atoms with E-state index in [-0.39, 0.29) is 23.9 Å². The second-order valence-electron chi connectivity index (χ2n) is 5.67. The van der Waals surface area contributed by atoms with E-state index >= 15 is 0 Å². The number of hydrogen-bond acceptors (Lipinski definition) is 2. The van der Waals surface area contributed by atoms with Crippen LogP contribution in [0.4, 0.5) is 0 Å². The molecule has 2 amide bonds. The largest absolute Gasteiger partial charge is 0.339 e. The highest BCUT2D eigenvalue weighted by molar-refractivity contribution is 5.78. The summed E-state index contributed by atoms with van der Waals surface area (Å²) in [5.74, 6) is 0.510. The Hall–Kier alpha value is -1.10. The summed E-state index contributed by atoms with van der Waals surface area (Å²) in [7, 11) is 0. The van der Waals surface area contributed by atoms with E-state index in [2.05, 4.69) is 19.2 Å². The average molecular weight is 266 g/mol. The minimum absolute atomic E-state index is 0.191. The molecule has 0 aromatic heterocycles. The van der Waals surface area contributed by atoms with Gasteiger partial charge in [0.1, 0.15) is 0 Å². The van der Waals surface area contributed by atoms with Crippen molar-refractivity contribution >= 4 is 11.8 Å². The minimum atomic E-state index is 0.191. The molecular formula is C14H24N3O2. The number of nitrogens with zero attached hydrogens (tertiary/aromatic N) is 3. The number of amides is 2. The van der Waals surface area contributed by atoms with Crippen LogP contribution in [-0.4, -0.2) is 59.9 Å². The van der Waals surface area contributed by atoms with E-state index in [4.69, 9.17) is 0 Å². The fraction of sp³-hybridized carbons (Fsp3) is 0.857. The van der Waals surface area contributed by atoms with Crippen molar-refractivity contribution in [2.24, 2.45) is 0 Å². The van der Waals surface area contributed by atoms with E-state index in [9.17, 15) is 9.59 Å². The second kappa shape index (κ2) is 6.37. The Morgan fingerprint density at radius 1 is 0.947 bits per heavy atom. The Morgan fingerprint density at radius 2 is 1.37 bits per heavy atom. The summed E-state index contributed by atoms with van der Waals surface area (Å²) >= 11 is 0. The number of likely N-dealkylation sites (tertiary alicyclic amines) is 2. The predicted octanol–water partition coefficient (Wildman–Crippen LogP) is 0.613. The minimum Gasteiger partial charge on any atom is -0.339 e. The molecule has 107 valence electrons. The van der Waals surface area contributed by atoms with Crippen LogP contribution in [0.15, 0.2) is 0 Å². The Bertz CT molecular complexity index is 314. The summed E-state index contributed by atoms with van der Waals surface area (Å²) in [5, 5.41) is 4.54. The Kier molecular flexibility index (Phi) is 4.80. The first-order valence-electron chi connectivity index (χ1n) is 7.32. The molecule has 2 unspecified atom stereocenters. The van der Waals surface area contributed by atoms with Gasteiger partial charge in [0.25, 0.3) is 0 Å². The van der Waals surface area contributed by atoms with Gasteiger partial charge in [-0.25, -0.2) is 5.32 Å². The highest BCUT2D eigenvalue weighted by Gasteiger charge is 2.27. The van der Waals surface area contributed by atoms with Gasteiger partial charge in [0.15, 0.2) is 0 Å². The van der Waals surface area contributed by atoms with Gasteiger partial charge in [-0.1, -0.05) is 0 Å². The molecule has 2 atom stereocenters. The van der Waals surface area contributed by atoms with Crippen LogP contribution in [0, 0.1) is 0 Å². The van der Waals surface area contributed by atoms with Crippen molar-refractivity contribution in [3.63, 3.8) is 0 Å². The van der Waals surface area contributed by atoms with E-state index in [1.54, 1.807) is 0 Å². The summed E-state index contributed by atoms with van der Waals surface area (Å²) in [5.41, 5.74) is 0. The molecule has 0 spiro atoms. The SMILES string of the molecule is CC(C[N]CC(C)N1CCCC1=O)N1CCCC1=O. The molecule has 2 fully saturated rings. The van der Waals surface area contributed by atoms with Crippen molar-refractivity contribution in [2.75, 3.05) is 26.2 Å². The maximum Gasteiger partial charge on any atom is 0.222 e. The van der Waals surface area contributed by atoms with E-state index in [1.165, 1.54) is 0 Å². The molecule has 2 aliphatic rings. The third kappa shape index (κ3) is 3.47. The highest BCUT2D eigenvalue weighted by atomic mass is 16.2. The Labute approximate surface area is 115 Å². The first-order valence-corrected chi connectivity index (χ1v) is 7.32. The molecule has 5 heteroatoms. The molecule has 2 heterocycles. The molecule has 1 radical (unpaired) electrons. The monoisotopic (exact) mass is 266 g/mol. The van der Waals surface area contributed by atoms with Gasteiger partial charge in [-0.05, 0) is 26.7 Å². The van der Waals surface area contributed by atoms with Crippen LogP contribution in [0.25, 0.3) is 0 Å². The lowest BCUT2D eigenvalue weighted by Gasteiger charge is -2.27. The molecule has 0 aromatic rings. The summed E-state index contributed by atoms with van der Waals surface area (Å²) < 4.78 is 0. The van der Waals surface area contributed by atoms with Gasteiger partial charge in [-0.3, -0.25) is 9.59 Å². The van der Waals surface area contributed by atoms with Crippen LogP contribution in [0.5, 0.6) is 0 Å². The molecule has 0 saturated carbocycles. The summed E-state index contributed by atoms with van der Waals surface area (Å²) in [4.78, 5) is 27.0. The summed E-state index contributed by atoms with van der Waals surface area (Å²) in [6.45, 7) is 7.21. The van der Waals surface area contributed by atoms with Gasteiger partial charge < -0.3 is 9.80 Å². The van der Waals surface area contributed by atoms with Crippen molar-refractivity contribution in [2.45, 2.75) is 51.6 Å². The molecule has 19 heavy (non-hydrogen) atoms. The standard InChI is InChI=1S/C14H24N3O2/c1-11(16-7-3-5-13(16)18)9-15-10-12(2)17-8-4-6-14(17)19/h11-12H,3-10H2,1-2H3. The second-order valence-corrected chi connectivity index (χ2v) is 5.67. The number of carbonyl (C=O) groups is 2. The maximum absolute atomic E-state index is 11.6. The van der Waals surface area contributed by atoms with Crippen molar-refractivity contribution in [3.05, 3.63) is 0 Å². The van der Waals surface area contributed by atoms with Gasteiger partial charge in [0.05, 0.1) is 0 Å². The fourth-order valence-corrected chi connectivity index (χ4v) is 2.92. The summed E-state index contributed by atoms with van der Waals surface area (Å²) in [6.07, 6.45) is 3.32. The van der Waals surface area contributed by atoms with Crippen molar-refractivity contribution < 1.29 is 9.59 Å². The van der Waals surface area contributed by atoms with Crippen LogP contribution in [0.2, 0.25) is 0 Å². The zero-order chi connectivity index (χ0) is 13.8. The third-order valence-corrected chi connectivity index (χ3v) is 4.07. The molecule has 0 N–H and O–H groups in total. The zero-order valence-corrected chi connectivity index (χ0v) is 12.0. The van der Waals surface area contributed by atoms with Crippen molar-refractivity contribution in [3.8, 4) is 0 Å². The number of rotatable bonds is 6. The normalized spacial score (nSPS) is 23.3. The molecular weight excluding hydrogens is 242 g/mol. The Balaban J connectivity index is 1.68. The molecule has 0 aromatic carbocycles. The third-order valence-electron chi connectivity index (χ3n) is 4.07. The number of carbonyl (C=O) groups excluding carboxylic acids is 2. The van der Waals surface area contributed by atoms with Gasteiger partial charge in [0.2, 0.25) is 11.8 Å². The highest BCUT2D eigenvalue weighted by Crippen LogP contribution is 2.14.